The zero-order chi connectivity index (χ0) is 28.4. The maximum atomic E-state index is 14.3. The highest BCUT2D eigenvalue weighted by Crippen LogP contribution is 2.53. The van der Waals surface area contributed by atoms with Crippen LogP contribution in [0.25, 0.3) is 6.08 Å². The lowest BCUT2D eigenvalue weighted by atomic mass is 9.75. The molecule has 40 heavy (non-hydrogen) atoms. The number of halogens is 2. The smallest absolute Gasteiger partial charge is 0.330 e. The van der Waals surface area contributed by atoms with E-state index in [-0.39, 0.29) is 11.3 Å². The highest BCUT2D eigenvalue weighted by atomic mass is 35.5. The molecule has 3 aromatic carbocycles. The standard InChI is InChI=1S/C32H25ClFNO4S/c1-32(31(38)39)28(26-14-7-17-40-26)27(29(36)21-10-5-12-23(33)18-21)25(16-15-20-8-3-2-4-9-20)35(32)30(37)22-11-6-13-24(34)19-22/h2-19,25,27-28H,1H3,(H,38,39). The lowest BCUT2D eigenvalue weighted by Gasteiger charge is -2.37. The van der Waals surface area contributed by atoms with Crippen LogP contribution in [-0.4, -0.2) is 39.2 Å². The van der Waals surface area contributed by atoms with Gasteiger partial charge in [0.15, 0.2) is 5.78 Å². The van der Waals surface area contributed by atoms with Gasteiger partial charge in [0.2, 0.25) is 0 Å². The molecule has 0 aliphatic carbocycles. The van der Waals surface area contributed by atoms with Gasteiger partial charge in [0.05, 0.1) is 12.0 Å². The summed E-state index contributed by atoms with van der Waals surface area (Å²) < 4.78 is 14.2. The Kier molecular flexibility index (Phi) is 7.70. The molecule has 1 saturated heterocycles. The Morgan fingerprint density at radius 1 is 0.950 bits per heavy atom. The molecule has 0 bridgehead atoms. The number of rotatable bonds is 7. The molecular formula is C32H25ClFNO4S. The second-order valence-electron chi connectivity index (χ2n) is 9.79. The number of carbonyl (C=O) groups excluding carboxylic acids is 2. The molecular weight excluding hydrogens is 549 g/mol. The van der Waals surface area contributed by atoms with E-state index in [4.69, 9.17) is 11.6 Å². The van der Waals surface area contributed by atoms with E-state index in [0.29, 0.717) is 15.5 Å². The van der Waals surface area contributed by atoms with Crippen molar-refractivity contribution < 1.29 is 23.9 Å². The summed E-state index contributed by atoms with van der Waals surface area (Å²) in [4.78, 5) is 43.6. The second-order valence-corrected chi connectivity index (χ2v) is 11.2. The Hall–Kier alpha value is -4.07. The van der Waals surface area contributed by atoms with E-state index in [2.05, 4.69) is 0 Å². The largest absolute Gasteiger partial charge is 0.479 e. The Morgan fingerprint density at radius 2 is 1.68 bits per heavy atom. The van der Waals surface area contributed by atoms with Crippen LogP contribution in [-0.2, 0) is 4.79 Å². The summed E-state index contributed by atoms with van der Waals surface area (Å²) in [6, 6.07) is 23.5. The molecule has 4 unspecified atom stereocenters. The summed E-state index contributed by atoms with van der Waals surface area (Å²) in [6.45, 7) is 1.46. The molecule has 0 radical (unpaired) electrons. The predicted molar refractivity (Wildman–Crippen MR) is 154 cm³/mol. The van der Waals surface area contributed by atoms with Gasteiger partial charge in [-0.05, 0) is 54.3 Å². The van der Waals surface area contributed by atoms with Crippen molar-refractivity contribution in [3.63, 3.8) is 0 Å². The molecule has 1 N–H and O–H groups in total. The summed E-state index contributed by atoms with van der Waals surface area (Å²) >= 11 is 7.56. The molecule has 5 rings (SSSR count). The third-order valence-corrected chi connectivity index (χ3v) is 8.59. The topological polar surface area (TPSA) is 74.7 Å². The Labute approximate surface area is 240 Å². The number of nitrogens with zero attached hydrogens (tertiary/aromatic N) is 1. The maximum absolute atomic E-state index is 14.3. The fourth-order valence-electron chi connectivity index (χ4n) is 5.55. The van der Waals surface area contributed by atoms with Crippen molar-refractivity contribution >= 4 is 46.7 Å². The molecule has 1 aliphatic rings. The monoisotopic (exact) mass is 573 g/mol. The van der Waals surface area contributed by atoms with E-state index in [1.165, 1.54) is 41.4 Å². The first-order chi connectivity index (χ1) is 19.2. The number of thiophene rings is 1. The number of benzene rings is 3. The van der Waals surface area contributed by atoms with Crippen molar-refractivity contribution in [3.8, 4) is 0 Å². The lowest BCUT2D eigenvalue weighted by Crippen LogP contribution is -2.55. The van der Waals surface area contributed by atoms with Gasteiger partial charge in [-0.3, -0.25) is 9.59 Å². The maximum Gasteiger partial charge on any atom is 0.330 e. The van der Waals surface area contributed by atoms with E-state index in [1.54, 1.807) is 48.6 Å². The first-order valence-electron chi connectivity index (χ1n) is 12.6. The third-order valence-electron chi connectivity index (χ3n) is 7.40. The van der Waals surface area contributed by atoms with E-state index in [9.17, 15) is 23.9 Å². The number of likely N-dealkylation sites (tertiary alicyclic amines) is 1. The van der Waals surface area contributed by atoms with Crippen LogP contribution in [0.4, 0.5) is 4.39 Å². The lowest BCUT2D eigenvalue weighted by molar-refractivity contribution is -0.148. The van der Waals surface area contributed by atoms with Crippen LogP contribution in [0.2, 0.25) is 5.02 Å². The molecule has 4 atom stereocenters. The fourth-order valence-corrected chi connectivity index (χ4v) is 6.74. The van der Waals surface area contributed by atoms with Gasteiger partial charge in [-0.2, -0.15) is 0 Å². The first kappa shape index (κ1) is 27.5. The number of carboxylic acid groups (broad SMARTS) is 1. The van der Waals surface area contributed by atoms with Crippen molar-refractivity contribution in [2.75, 3.05) is 0 Å². The van der Waals surface area contributed by atoms with E-state index in [0.717, 1.165) is 11.6 Å². The first-order valence-corrected chi connectivity index (χ1v) is 13.9. The van der Waals surface area contributed by atoms with Gasteiger partial charge in [-0.1, -0.05) is 78.4 Å². The van der Waals surface area contributed by atoms with Gasteiger partial charge in [0.1, 0.15) is 11.4 Å². The number of Topliss-reactive ketones (excluding diaryl/α,β-unsaturated/α-hetero) is 1. The van der Waals surface area contributed by atoms with Gasteiger partial charge in [-0.25, -0.2) is 9.18 Å². The predicted octanol–water partition coefficient (Wildman–Crippen LogP) is 7.20. The number of ketones is 1. The molecule has 1 fully saturated rings. The van der Waals surface area contributed by atoms with Crippen LogP contribution in [0.5, 0.6) is 0 Å². The van der Waals surface area contributed by atoms with Gasteiger partial charge in [-0.15, -0.1) is 11.3 Å². The van der Waals surface area contributed by atoms with Crippen molar-refractivity contribution in [1.29, 1.82) is 0 Å². The molecule has 5 nitrogen and oxygen atoms in total. The van der Waals surface area contributed by atoms with E-state index >= 15 is 0 Å². The van der Waals surface area contributed by atoms with Crippen LogP contribution in [0.1, 0.15) is 44.0 Å². The highest BCUT2D eigenvalue weighted by Gasteiger charge is 2.64. The molecule has 4 aromatic rings. The minimum Gasteiger partial charge on any atom is -0.479 e. The molecule has 8 heteroatoms. The average molecular weight is 574 g/mol. The Bertz CT molecular complexity index is 1590. The van der Waals surface area contributed by atoms with Gasteiger partial charge in [0, 0.05) is 26.9 Å². The Balaban J connectivity index is 1.76. The van der Waals surface area contributed by atoms with E-state index < -0.39 is 41.1 Å². The quantitative estimate of drug-likeness (QED) is 0.237. The number of amides is 1. The summed E-state index contributed by atoms with van der Waals surface area (Å²) in [5.41, 5.74) is -0.735. The summed E-state index contributed by atoms with van der Waals surface area (Å²) in [6.07, 6.45) is 3.47. The van der Waals surface area contributed by atoms with Crippen LogP contribution < -0.4 is 0 Å². The second kappa shape index (κ2) is 11.2. The van der Waals surface area contributed by atoms with Crippen LogP contribution in [0.15, 0.2) is 102 Å². The molecule has 1 amide bonds. The zero-order valence-electron chi connectivity index (χ0n) is 21.4. The number of carboxylic acids is 1. The summed E-state index contributed by atoms with van der Waals surface area (Å²) in [5.74, 6) is -4.80. The van der Waals surface area contributed by atoms with Crippen molar-refractivity contribution in [2.45, 2.75) is 24.4 Å². The number of hydrogen-bond acceptors (Lipinski definition) is 4. The number of hydrogen-bond donors (Lipinski definition) is 1. The van der Waals surface area contributed by atoms with Crippen LogP contribution in [0.3, 0.4) is 0 Å². The van der Waals surface area contributed by atoms with Crippen molar-refractivity contribution in [3.05, 3.63) is 135 Å². The molecule has 2 heterocycles. The molecule has 1 aromatic heterocycles. The van der Waals surface area contributed by atoms with Gasteiger partial charge in [0.25, 0.3) is 5.91 Å². The minimum absolute atomic E-state index is 0.00799. The van der Waals surface area contributed by atoms with Crippen molar-refractivity contribution in [2.24, 2.45) is 5.92 Å². The number of carbonyl (C=O) groups is 3. The van der Waals surface area contributed by atoms with Crippen molar-refractivity contribution in [1.82, 2.24) is 4.90 Å². The summed E-state index contributed by atoms with van der Waals surface area (Å²) in [5, 5.41) is 12.9. The minimum atomic E-state index is -1.85. The van der Waals surface area contributed by atoms with Gasteiger partial charge >= 0.3 is 5.97 Å². The SMILES string of the molecule is CC1(C(=O)O)C(c2cccs2)C(C(=O)c2cccc(Cl)c2)C(C=Cc2ccccc2)N1C(=O)c1cccc(F)c1. The molecule has 0 saturated carbocycles. The zero-order valence-corrected chi connectivity index (χ0v) is 23.0. The van der Waals surface area contributed by atoms with E-state index in [1.807, 2.05) is 35.7 Å². The van der Waals surface area contributed by atoms with Crippen LogP contribution >= 0.6 is 22.9 Å². The van der Waals surface area contributed by atoms with Crippen LogP contribution in [0, 0.1) is 11.7 Å². The fraction of sp³-hybridized carbons (Fsp3) is 0.156. The summed E-state index contributed by atoms with van der Waals surface area (Å²) in [7, 11) is 0. The average Bonchev–Trinajstić information content (AvgIpc) is 3.56. The molecule has 1 aliphatic heterocycles. The highest BCUT2D eigenvalue weighted by molar-refractivity contribution is 7.10. The molecule has 0 spiro atoms. The molecule has 202 valence electrons. The normalized spacial score (nSPS) is 22.5. The third kappa shape index (κ3) is 4.98. The Morgan fingerprint density at radius 3 is 2.33 bits per heavy atom. The van der Waals surface area contributed by atoms with Gasteiger partial charge < -0.3 is 10.0 Å². The number of aliphatic carboxylic acids is 1.